The van der Waals surface area contributed by atoms with Gasteiger partial charge in [0.1, 0.15) is 0 Å². The van der Waals surface area contributed by atoms with Crippen LogP contribution < -0.4 is 0 Å². The standard InChI is InChI=1S/C13H28O2Si/c1-5-9-14-16(15-10-6-2)12-7-8-13(3,4)11-12/h12,16H,5-11H2,1-4H3. The lowest BCUT2D eigenvalue weighted by atomic mass is 9.92. The van der Waals surface area contributed by atoms with Crippen LogP contribution in [0.15, 0.2) is 0 Å². The highest BCUT2D eigenvalue weighted by atomic mass is 28.3. The van der Waals surface area contributed by atoms with E-state index in [1.54, 1.807) is 0 Å². The Morgan fingerprint density at radius 1 is 1.12 bits per heavy atom. The summed E-state index contributed by atoms with van der Waals surface area (Å²) in [6.07, 6.45) is 6.17. The number of hydrogen-bond acceptors (Lipinski definition) is 2. The summed E-state index contributed by atoms with van der Waals surface area (Å²) < 4.78 is 12.0. The highest BCUT2D eigenvalue weighted by Crippen LogP contribution is 2.45. The zero-order valence-electron chi connectivity index (χ0n) is 11.4. The van der Waals surface area contributed by atoms with Crippen molar-refractivity contribution in [1.29, 1.82) is 0 Å². The molecule has 1 aliphatic rings. The summed E-state index contributed by atoms with van der Waals surface area (Å²) in [7, 11) is -1.40. The van der Waals surface area contributed by atoms with Gasteiger partial charge in [0, 0.05) is 18.8 Å². The Morgan fingerprint density at radius 2 is 1.69 bits per heavy atom. The van der Waals surface area contributed by atoms with E-state index in [1.807, 2.05) is 0 Å². The number of rotatable bonds is 7. The largest absolute Gasteiger partial charge is 0.396 e. The summed E-state index contributed by atoms with van der Waals surface area (Å²) in [6.45, 7) is 10.9. The molecule has 0 N–H and O–H groups in total. The van der Waals surface area contributed by atoms with Gasteiger partial charge in [0.05, 0.1) is 0 Å². The van der Waals surface area contributed by atoms with Gasteiger partial charge in [-0.25, -0.2) is 0 Å². The molecule has 1 rings (SSSR count). The zero-order valence-corrected chi connectivity index (χ0v) is 12.6. The molecule has 1 unspecified atom stereocenters. The average Bonchev–Trinajstić information content (AvgIpc) is 2.59. The molecule has 1 saturated carbocycles. The van der Waals surface area contributed by atoms with Crippen LogP contribution in [0.25, 0.3) is 0 Å². The highest BCUT2D eigenvalue weighted by molar-refractivity contribution is 6.46. The van der Waals surface area contributed by atoms with Crippen LogP contribution in [0, 0.1) is 5.41 Å². The van der Waals surface area contributed by atoms with E-state index in [2.05, 4.69) is 27.7 Å². The monoisotopic (exact) mass is 244 g/mol. The third kappa shape index (κ3) is 4.56. The Hall–Kier alpha value is 0.137. The first-order valence-electron chi connectivity index (χ1n) is 6.82. The van der Waals surface area contributed by atoms with Crippen molar-refractivity contribution in [2.24, 2.45) is 5.41 Å². The van der Waals surface area contributed by atoms with Crippen LogP contribution in [0.3, 0.4) is 0 Å². The fourth-order valence-electron chi connectivity index (χ4n) is 2.51. The first-order valence-corrected chi connectivity index (χ1v) is 8.43. The van der Waals surface area contributed by atoms with E-state index >= 15 is 0 Å². The second kappa shape index (κ2) is 6.77. The summed E-state index contributed by atoms with van der Waals surface area (Å²) in [5.41, 5.74) is 1.26. The van der Waals surface area contributed by atoms with E-state index < -0.39 is 9.28 Å². The molecular formula is C13H28O2Si. The van der Waals surface area contributed by atoms with Crippen LogP contribution in [0.2, 0.25) is 5.54 Å². The molecule has 0 aliphatic heterocycles. The Morgan fingerprint density at radius 3 is 2.06 bits per heavy atom. The van der Waals surface area contributed by atoms with Crippen LogP contribution in [-0.2, 0) is 8.85 Å². The molecular weight excluding hydrogens is 216 g/mol. The van der Waals surface area contributed by atoms with Gasteiger partial charge in [-0.1, -0.05) is 27.7 Å². The smallest absolute Gasteiger partial charge is 0.324 e. The van der Waals surface area contributed by atoms with Crippen LogP contribution in [0.1, 0.15) is 59.8 Å². The van der Waals surface area contributed by atoms with Gasteiger partial charge in [0.2, 0.25) is 0 Å². The summed E-state index contributed by atoms with van der Waals surface area (Å²) >= 11 is 0. The van der Waals surface area contributed by atoms with Crippen molar-refractivity contribution in [2.45, 2.75) is 65.3 Å². The molecule has 0 aromatic heterocycles. The molecule has 0 aromatic rings. The molecule has 96 valence electrons. The molecule has 0 spiro atoms. The molecule has 0 saturated heterocycles. The lowest BCUT2D eigenvalue weighted by Gasteiger charge is -2.23. The minimum absolute atomic E-state index is 0.515. The molecule has 1 atom stereocenters. The zero-order chi connectivity index (χ0) is 12.0. The van der Waals surface area contributed by atoms with Crippen molar-refractivity contribution in [3.63, 3.8) is 0 Å². The summed E-state index contributed by atoms with van der Waals surface area (Å²) in [4.78, 5) is 0. The Labute approximate surface area is 103 Å². The normalized spacial score (nSPS) is 24.2. The topological polar surface area (TPSA) is 18.5 Å². The van der Waals surface area contributed by atoms with E-state index in [9.17, 15) is 0 Å². The van der Waals surface area contributed by atoms with Gasteiger partial charge < -0.3 is 8.85 Å². The highest BCUT2D eigenvalue weighted by Gasteiger charge is 2.38. The van der Waals surface area contributed by atoms with Crippen molar-refractivity contribution >= 4 is 9.28 Å². The molecule has 2 nitrogen and oxygen atoms in total. The second-order valence-electron chi connectivity index (χ2n) is 5.78. The van der Waals surface area contributed by atoms with Crippen molar-refractivity contribution in [2.75, 3.05) is 13.2 Å². The van der Waals surface area contributed by atoms with Gasteiger partial charge in [-0.3, -0.25) is 0 Å². The SMILES string of the molecule is CCCO[SiH](OCCC)C1CCC(C)(C)C1. The van der Waals surface area contributed by atoms with Crippen molar-refractivity contribution in [3.05, 3.63) is 0 Å². The predicted molar refractivity (Wildman–Crippen MR) is 71.0 cm³/mol. The molecule has 0 amide bonds. The van der Waals surface area contributed by atoms with Crippen molar-refractivity contribution < 1.29 is 8.85 Å². The van der Waals surface area contributed by atoms with Gasteiger partial charge in [0.15, 0.2) is 0 Å². The van der Waals surface area contributed by atoms with Gasteiger partial charge in [0.25, 0.3) is 0 Å². The van der Waals surface area contributed by atoms with Gasteiger partial charge in [-0.2, -0.15) is 0 Å². The van der Waals surface area contributed by atoms with E-state index in [0.717, 1.165) is 31.6 Å². The average molecular weight is 244 g/mol. The van der Waals surface area contributed by atoms with Crippen molar-refractivity contribution in [1.82, 2.24) is 0 Å². The third-order valence-corrected chi connectivity index (χ3v) is 5.83. The molecule has 0 radical (unpaired) electrons. The van der Waals surface area contributed by atoms with Gasteiger partial charge in [-0.15, -0.1) is 0 Å². The van der Waals surface area contributed by atoms with Gasteiger partial charge >= 0.3 is 9.28 Å². The van der Waals surface area contributed by atoms with Crippen molar-refractivity contribution in [3.8, 4) is 0 Å². The van der Waals surface area contributed by atoms with Gasteiger partial charge in [-0.05, 0) is 37.5 Å². The summed E-state index contributed by atoms with van der Waals surface area (Å²) in [5, 5.41) is 0. The molecule has 1 fully saturated rings. The van der Waals surface area contributed by atoms with E-state index in [0.29, 0.717) is 5.41 Å². The van der Waals surface area contributed by atoms with Crippen LogP contribution in [0.4, 0.5) is 0 Å². The second-order valence-corrected chi connectivity index (χ2v) is 8.12. The maximum atomic E-state index is 5.99. The van der Waals surface area contributed by atoms with E-state index in [4.69, 9.17) is 8.85 Å². The quantitative estimate of drug-likeness (QED) is 0.637. The lowest BCUT2D eigenvalue weighted by Crippen LogP contribution is -2.29. The first-order chi connectivity index (χ1) is 7.59. The van der Waals surface area contributed by atoms with Crippen LogP contribution in [-0.4, -0.2) is 22.5 Å². The predicted octanol–water partition coefficient (Wildman–Crippen LogP) is 3.64. The maximum Gasteiger partial charge on any atom is 0.324 e. The summed E-state index contributed by atoms with van der Waals surface area (Å²) in [5.74, 6) is 0. The maximum absolute atomic E-state index is 5.99. The Balaban J connectivity index is 2.41. The third-order valence-electron chi connectivity index (χ3n) is 3.36. The number of hydrogen-bond donors (Lipinski definition) is 0. The minimum atomic E-state index is -1.40. The molecule has 0 aromatic carbocycles. The fourth-order valence-corrected chi connectivity index (χ4v) is 5.36. The molecule has 3 heteroatoms. The molecule has 16 heavy (non-hydrogen) atoms. The first kappa shape index (κ1) is 14.2. The van der Waals surface area contributed by atoms with Crippen LogP contribution >= 0.6 is 0 Å². The molecule has 1 aliphatic carbocycles. The van der Waals surface area contributed by atoms with E-state index in [1.165, 1.54) is 19.3 Å². The molecule has 0 heterocycles. The van der Waals surface area contributed by atoms with Crippen LogP contribution in [0.5, 0.6) is 0 Å². The Bertz CT molecular complexity index is 186. The minimum Gasteiger partial charge on any atom is -0.396 e. The lowest BCUT2D eigenvalue weighted by molar-refractivity contribution is 0.185. The summed E-state index contributed by atoms with van der Waals surface area (Å²) in [6, 6.07) is 0. The van der Waals surface area contributed by atoms with E-state index in [-0.39, 0.29) is 0 Å². The fraction of sp³-hybridized carbons (Fsp3) is 1.00. The molecule has 0 bridgehead atoms. The Kier molecular flexibility index (Phi) is 6.01.